The van der Waals surface area contributed by atoms with Gasteiger partial charge in [-0.05, 0) is 12.1 Å². The number of pyridine rings is 1. The van der Waals surface area contributed by atoms with E-state index in [2.05, 4.69) is 17.6 Å². The molecule has 0 saturated carbocycles. The molecule has 0 aromatic carbocycles. The summed E-state index contributed by atoms with van der Waals surface area (Å²) in [6.45, 7) is 0. The zero-order valence-corrected chi connectivity index (χ0v) is 8.76. The van der Waals surface area contributed by atoms with Crippen molar-refractivity contribution in [2.75, 3.05) is 0 Å². The summed E-state index contributed by atoms with van der Waals surface area (Å²) in [5, 5.41) is 8.01. The van der Waals surface area contributed by atoms with Gasteiger partial charge >= 0.3 is 5.97 Å². The topological polar surface area (TPSA) is 54.6 Å². The lowest BCUT2D eigenvalue weighted by Crippen LogP contribution is -2.16. The summed E-state index contributed by atoms with van der Waals surface area (Å²) in [4.78, 5) is 14.9. The van der Waals surface area contributed by atoms with E-state index >= 15 is 0 Å². The fourth-order valence-electron chi connectivity index (χ4n) is 1.37. The van der Waals surface area contributed by atoms with E-state index in [1.807, 2.05) is 35.0 Å². The largest absolute Gasteiger partial charge is 0.480 e. The van der Waals surface area contributed by atoms with Crippen molar-refractivity contribution >= 4 is 24.2 Å². The van der Waals surface area contributed by atoms with Gasteiger partial charge in [0.1, 0.15) is 10.9 Å². The second kappa shape index (κ2) is 3.94. The number of hydrogen-bond acceptors (Lipinski definition) is 3. The van der Waals surface area contributed by atoms with Gasteiger partial charge in [0, 0.05) is 18.8 Å². The van der Waals surface area contributed by atoms with Gasteiger partial charge in [0.15, 0.2) is 0 Å². The zero-order valence-electron chi connectivity index (χ0n) is 7.87. The van der Waals surface area contributed by atoms with Crippen molar-refractivity contribution < 1.29 is 9.90 Å². The van der Waals surface area contributed by atoms with Crippen LogP contribution in [0.1, 0.15) is 5.69 Å². The molecule has 1 N–H and O–H groups in total. The van der Waals surface area contributed by atoms with Crippen LogP contribution in [0.3, 0.4) is 0 Å². The minimum absolute atomic E-state index is 0.333. The number of carboxylic acid groups (broad SMARTS) is 1. The summed E-state index contributed by atoms with van der Waals surface area (Å²) in [6.07, 6.45) is 4.03. The average Bonchev–Trinajstić information content (AvgIpc) is 2.59. The minimum atomic E-state index is -0.921. The number of nitrogens with zero attached hydrogens (tertiary/aromatic N) is 2. The van der Waals surface area contributed by atoms with Crippen LogP contribution >= 0.6 is 12.6 Å². The van der Waals surface area contributed by atoms with Gasteiger partial charge in [-0.3, -0.25) is 4.79 Å². The van der Waals surface area contributed by atoms with Gasteiger partial charge in [-0.1, -0.05) is 6.07 Å². The molecule has 0 aliphatic carbocycles. The Kier molecular flexibility index (Phi) is 2.64. The van der Waals surface area contributed by atoms with E-state index in [0.717, 1.165) is 11.3 Å². The molecule has 2 rings (SSSR count). The van der Waals surface area contributed by atoms with Crippen LogP contribution in [0.4, 0.5) is 0 Å². The lowest BCUT2D eigenvalue weighted by atomic mass is 10.2. The summed E-state index contributed by atoms with van der Waals surface area (Å²) < 4.78 is 1.86. The number of carboxylic acids is 1. The highest BCUT2D eigenvalue weighted by Gasteiger charge is 2.14. The van der Waals surface area contributed by atoms with E-state index in [1.54, 1.807) is 0 Å². The number of fused-ring (bicyclic) bond motifs is 1. The summed E-state index contributed by atoms with van der Waals surface area (Å²) in [6, 6.07) is 5.66. The highest BCUT2D eigenvalue weighted by Crippen LogP contribution is 2.09. The molecule has 0 aliphatic rings. The Morgan fingerprint density at radius 2 is 2.40 bits per heavy atom. The summed E-state index contributed by atoms with van der Waals surface area (Å²) >= 11 is 3.97. The third kappa shape index (κ3) is 2.12. The molecule has 2 heterocycles. The van der Waals surface area contributed by atoms with Crippen LogP contribution in [0.15, 0.2) is 30.6 Å². The van der Waals surface area contributed by atoms with Crippen LogP contribution in [0, 0.1) is 0 Å². The smallest absolute Gasteiger partial charge is 0.316 e. The predicted molar refractivity (Wildman–Crippen MR) is 59.3 cm³/mol. The maximum absolute atomic E-state index is 10.6. The maximum Gasteiger partial charge on any atom is 0.316 e. The van der Waals surface area contributed by atoms with Crippen LogP contribution < -0.4 is 0 Å². The molecule has 0 fully saturated rings. The number of hydrogen-bond donors (Lipinski definition) is 2. The summed E-state index contributed by atoms with van der Waals surface area (Å²) in [5.41, 5.74) is 1.56. The van der Waals surface area contributed by atoms with E-state index in [-0.39, 0.29) is 0 Å². The fourth-order valence-corrected chi connectivity index (χ4v) is 1.56. The minimum Gasteiger partial charge on any atom is -0.480 e. The van der Waals surface area contributed by atoms with Crippen molar-refractivity contribution in [2.45, 2.75) is 11.7 Å². The average molecular weight is 222 g/mol. The summed E-state index contributed by atoms with van der Waals surface area (Å²) in [7, 11) is 0. The van der Waals surface area contributed by atoms with E-state index in [4.69, 9.17) is 5.11 Å². The Morgan fingerprint density at radius 1 is 1.60 bits per heavy atom. The normalized spacial score (nSPS) is 12.9. The molecular weight excluding hydrogens is 212 g/mol. The number of aromatic nitrogens is 2. The van der Waals surface area contributed by atoms with Gasteiger partial charge < -0.3 is 9.51 Å². The summed E-state index contributed by atoms with van der Waals surface area (Å²) in [5.74, 6) is -0.921. The molecule has 0 aliphatic heterocycles. The maximum atomic E-state index is 10.6. The molecule has 1 unspecified atom stereocenters. The molecule has 1 atom stereocenters. The molecule has 78 valence electrons. The fraction of sp³-hybridized carbons (Fsp3) is 0.200. The van der Waals surface area contributed by atoms with Gasteiger partial charge in [0.25, 0.3) is 0 Å². The molecule has 0 bridgehead atoms. The highest BCUT2D eigenvalue weighted by molar-refractivity contribution is 7.81. The third-order valence-electron chi connectivity index (χ3n) is 2.10. The van der Waals surface area contributed by atoms with Crippen LogP contribution in [-0.4, -0.2) is 25.7 Å². The van der Waals surface area contributed by atoms with Gasteiger partial charge in [-0.2, -0.15) is 12.6 Å². The first-order valence-corrected chi connectivity index (χ1v) is 5.02. The van der Waals surface area contributed by atoms with Crippen molar-refractivity contribution in [1.29, 1.82) is 0 Å². The van der Waals surface area contributed by atoms with Crippen molar-refractivity contribution in [3.63, 3.8) is 0 Å². The number of rotatable bonds is 3. The number of thiol groups is 1. The van der Waals surface area contributed by atoms with Crippen molar-refractivity contribution in [3.8, 4) is 0 Å². The molecule has 4 nitrogen and oxygen atoms in total. The molecule has 0 radical (unpaired) electrons. The molecule has 0 amide bonds. The van der Waals surface area contributed by atoms with Crippen LogP contribution in [0.25, 0.3) is 5.65 Å². The van der Waals surface area contributed by atoms with E-state index in [1.165, 1.54) is 0 Å². The third-order valence-corrected chi connectivity index (χ3v) is 2.50. The van der Waals surface area contributed by atoms with Crippen LogP contribution in [0.5, 0.6) is 0 Å². The van der Waals surface area contributed by atoms with Crippen molar-refractivity contribution in [2.24, 2.45) is 0 Å². The van der Waals surface area contributed by atoms with Gasteiger partial charge in [-0.25, -0.2) is 4.98 Å². The number of carbonyl (C=O) groups is 1. The zero-order chi connectivity index (χ0) is 10.8. The molecule has 15 heavy (non-hydrogen) atoms. The molecule has 5 heteroatoms. The van der Waals surface area contributed by atoms with Crippen molar-refractivity contribution in [3.05, 3.63) is 36.3 Å². The first-order chi connectivity index (χ1) is 7.16. The number of aliphatic carboxylic acids is 1. The van der Waals surface area contributed by atoms with Gasteiger partial charge in [0.2, 0.25) is 0 Å². The first kappa shape index (κ1) is 10.0. The number of imidazole rings is 1. The Bertz CT molecular complexity index is 462. The SMILES string of the molecule is O=C(O)C(S)Cc1cn2ccccc2n1. The van der Waals surface area contributed by atoms with Crippen LogP contribution in [-0.2, 0) is 11.2 Å². The quantitative estimate of drug-likeness (QED) is 0.769. The van der Waals surface area contributed by atoms with Gasteiger partial charge in [0.05, 0.1) is 5.69 Å². The second-order valence-electron chi connectivity index (χ2n) is 3.26. The molecule has 2 aromatic rings. The molecule has 0 spiro atoms. The predicted octanol–water partition coefficient (Wildman–Crippen LogP) is 1.26. The molecule has 2 aromatic heterocycles. The lowest BCUT2D eigenvalue weighted by molar-refractivity contribution is -0.136. The standard InChI is InChI=1S/C10H10N2O2S/c13-10(14)8(15)5-7-6-12-4-2-1-3-9(12)11-7/h1-4,6,8,15H,5H2,(H,13,14). The van der Waals surface area contributed by atoms with E-state index in [0.29, 0.717) is 6.42 Å². The highest BCUT2D eigenvalue weighted by atomic mass is 32.1. The van der Waals surface area contributed by atoms with Gasteiger partial charge in [-0.15, -0.1) is 0 Å². The molecular formula is C10H10N2O2S. The monoisotopic (exact) mass is 222 g/mol. The molecule has 0 saturated heterocycles. The van der Waals surface area contributed by atoms with E-state index < -0.39 is 11.2 Å². The lowest BCUT2D eigenvalue weighted by Gasteiger charge is -2.00. The second-order valence-corrected chi connectivity index (χ2v) is 3.88. The Morgan fingerprint density at radius 3 is 3.07 bits per heavy atom. The first-order valence-electron chi connectivity index (χ1n) is 4.50. The Balaban J connectivity index is 2.26. The Hall–Kier alpha value is -1.49. The Labute approximate surface area is 92.0 Å². The van der Waals surface area contributed by atoms with Crippen molar-refractivity contribution in [1.82, 2.24) is 9.38 Å². The van der Waals surface area contributed by atoms with Crippen LogP contribution in [0.2, 0.25) is 0 Å². The van der Waals surface area contributed by atoms with E-state index in [9.17, 15) is 4.79 Å².